The van der Waals surface area contributed by atoms with Crippen molar-refractivity contribution in [2.45, 2.75) is 59.2 Å². The molecule has 3 rings (SSSR count). The van der Waals surface area contributed by atoms with Crippen LogP contribution in [0.25, 0.3) is 0 Å². The van der Waals surface area contributed by atoms with Crippen molar-refractivity contribution < 1.29 is 9.53 Å². The number of carbonyl (C=O) groups is 1. The number of rotatable bonds is 6. The van der Waals surface area contributed by atoms with E-state index in [-0.39, 0.29) is 36.1 Å². The van der Waals surface area contributed by atoms with E-state index in [9.17, 15) is 4.79 Å². The fourth-order valence-electron chi connectivity index (χ4n) is 4.87. The molecule has 0 aliphatic carbocycles. The van der Waals surface area contributed by atoms with E-state index < -0.39 is 0 Å². The first-order valence-electron chi connectivity index (χ1n) is 11.7. The van der Waals surface area contributed by atoms with Gasteiger partial charge in [0.2, 0.25) is 0 Å². The lowest BCUT2D eigenvalue weighted by molar-refractivity contribution is 0.0963. The molecule has 180 valence electrons. The van der Waals surface area contributed by atoms with E-state index in [2.05, 4.69) is 53.3 Å². The van der Waals surface area contributed by atoms with Gasteiger partial charge in [-0.15, -0.1) is 24.0 Å². The van der Waals surface area contributed by atoms with Crippen molar-refractivity contribution in [1.82, 2.24) is 15.1 Å². The molecule has 1 amide bonds. The molecular formula is C24H40IN5O2. The monoisotopic (exact) mass is 557 g/mol. The standard InChI is InChI=1S/C24H39N5O2.HI/c1-4-31-24(30)29-11-9-22(10-12-29)27-23(25)26-14-20-7-5-6-8-21(20)17-28-15-18(2)13-19(3)16-28;/h5-8,18-19,22H,4,9-17H2,1-3H3,(H3,25,26,27);1H. The van der Waals surface area contributed by atoms with E-state index in [1.807, 2.05) is 6.92 Å². The molecule has 0 aromatic heterocycles. The van der Waals surface area contributed by atoms with Gasteiger partial charge >= 0.3 is 6.09 Å². The van der Waals surface area contributed by atoms with Gasteiger partial charge in [0.15, 0.2) is 5.96 Å². The lowest BCUT2D eigenvalue weighted by atomic mass is 9.91. The minimum Gasteiger partial charge on any atom is -0.450 e. The molecule has 7 nitrogen and oxygen atoms in total. The molecule has 1 aromatic carbocycles. The summed E-state index contributed by atoms with van der Waals surface area (Å²) in [5, 5.41) is 3.33. The number of likely N-dealkylation sites (tertiary alicyclic amines) is 2. The highest BCUT2D eigenvalue weighted by Crippen LogP contribution is 2.23. The average molecular weight is 558 g/mol. The molecule has 2 aliphatic heterocycles. The predicted molar refractivity (Wildman–Crippen MR) is 140 cm³/mol. The normalized spacial score (nSPS) is 22.8. The first kappa shape index (κ1) is 26.7. The van der Waals surface area contributed by atoms with Crippen molar-refractivity contribution in [2.24, 2.45) is 22.6 Å². The highest BCUT2D eigenvalue weighted by molar-refractivity contribution is 14.0. The molecule has 2 saturated heterocycles. The largest absolute Gasteiger partial charge is 0.450 e. The second-order valence-electron chi connectivity index (χ2n) is 9.21. The van der Waals surface area contributed by atoms with Gasteiger partial charge in [-0.2, -0.15) is 0 Å². The molecule has 1 aromatic rings. The molecule has 2 unspecified atom stereocenters. The average Bonchev–Trinajstić information content (AvgIpc) is 2.73. The zero-order valence-corrected chi connectivity index (χ0v) is 22.1. The van der Waals surface area contributed by atoms with Crippen LogP contribution in [0.5, 0.6) is 0 Å². The van der Waals surface area contributed by atoms with Gasteiger partial charge in [0.05, 0.1) is 13.2 Å². The molecule has 0 bridgehead atoms. The van der Waals surface area contributed by atoms with Gasteiger partial charge in [0, 0.05) is 38.8 Å². The third-order valence-corrected chi connectivity index (χ3v) is 6.25. The Morgan fingerprint density at radius 1 is 1.16 bits per heavy atom. The first-order chi connectivity index (χ1) is 14.9. The third kappa shape index (κ3) is 8.10. The van der Waals surface area contributed by atoms with Crippen molar-refractivity contribution in [3.63, 3.8) is 0 Å². The molecular weight excluding hydrogens is 517 g/mol. The minimum atomic E-state index is -0.225. The number of ether oxygens (including phenoxy) is 1. The summed E-state index contributed by atoms with van der Waals surface area (Å²) < 4.78 is 5.08. The van der Waals surface area contributed by atoms with Crippen molar-refractivity contribution >= 4 is 36.0 Å². The number of amides is 1. The number of hydrogen-bond acceptors (Lipinski definition) is 4. The Kier molecular flexibility index (Phi) is 11.0. The molecule has 8 heteroatoms. The van der Waals surface area contributed by atoms with E-state index in [1.54, 1.807) is 4.90 Å². The molecule has 3 N–H and O–H groups in total. The number of nitrogens with one attached hydrogen (secondary N) is 1. The summed E-state index contributed by atoms with van der Waals surface area (Å²) in [4.78, 5) is 20.8. The van der Waals surface area contributed by atoms with Crippen LogP contribution in [0, 0.1) is 11.8 Å². The van der Waals surface area contributed by atoms with E-state index >= 15 is 0 Å². The summed E-state index contributed by atoms with van der Waals surface area (Å²) in [6.07, 6.45) is 2.79. The highest BCUT2D eigenvalue weighted by atomic mass is 127. The first-order valence-corrected chi connectivity index (χ1v) is 11.7. The van der Waals surface area contributed by atoms with Crippen molar-refractivity contribution in [2.75, 3.05) is 32.8 Å². The van der Waals surface area contributed by atoms with Gasteiger partial charge in [0.25, 0.3) is 0 Å². The molecule has 0 spiro atoms. The number of guanidine groups is 1. The van der Waals surface area contributed by atoms with Crippen LogP contribution in [0.4, 0.5) is 4.79 Å². The number of aliphatic imine (C=N–C) groups is 1. The number of nitrogens with two attached hydrogens (primary N) is 1. The Balaban J connectivity index is 0.00000363. The summed E-state index contributed by atoms with van der Waals surface area (Å²) in [6, 6.07) is 8.79. The SMILES string of the molecule is CCOC(=O)N1CCC(NC(N)=NCc2ccccc2CN2CC(C)CC(C)C2)CC1.I. The van der Waals surface area contributed by atoms with E-state index in [0.29, 0.717) is 32.2 Å². The maximum Gasteiger partial charge on any atom is 0.409 e. The van der Waals surface area contributed by atoms with E-state index in [0.717, 1.165) is 44.3 Å². The van der Waals surface area contributed by atoms with Crippen LogP contribution in [0.2, 0.25) is 0 Å². The summed E-state index contributed by atoms with van der Waals surface area (Å²) in [5.41, 5.74) is 8.76. The predicted octanol–water partition coefficient (Wildman–Crippen LogP) is 3.81. The summed E-state index contributed by atoms with van der Waals surface area (Å²) >= 11 is 0. The Hall–Kier alpha value is -1.55. The molecule has 2 aliphatic rings. The van der Waals surface area contributed by atoms with E-state index in [1.165, 1.54) is 17.5 Å². The summed E-state index contributed by atoms with van der Waals surface area (Å²) in [7, 11) is 0. The van der Waals surface area contributed by atoms with Gasteiger partial charge in [0.1, 0.15) is 0 Å². The lowest BCUT2D eigenvalue weighted by Crippen LogP contribution is -2.48. The van der Waals surface area contributed by atoms with Crippen LogP contribution >= 0.6 is 24.0 Å². The Morgan fingerprint density at radius 3 is 2.41 bits per heavy atom. The van der Waals surface area contributed by atoms with Gasteiger partial charge in [-0.3, -0.25) is 4.90 Å². The van der Waals surface area contributed by atoms with Crippen LogP contribution in [-0.2, 0) is 17.8 Å². The number of piperidine rings is 2. The third-order valence-electron chi connectivity index (χ3n) is 6.25. The number of halogens is 1. The number of carbonyl (C=O) groups excluding carboxylic acids is 1. The van der Waals surface area contributed by atoms with Gasteiger partial charge in [-0.05, 0) is 49.1 Å². The van der Waals surface area contributed by atoms with Crippen molar-refractivity contribution in [3.8, 4) is 0 Å². The zero-order valence-electron chi connectivity index (χ0n) is 19.8. The molecule has 0 saturated carbocycles. The van der Waals surface area contributed by atoms with Crippen molar-refractivity contribution in [1.29, 1.82) is 0 Å². The fourth-order valence-corrected chi connectivity index (χ4v) is 4.87. The molecule has 0 radical (unpaired) electrons. The second-order valence-corrected chi connectivity index (χ2v) is 9.21. The Bertz CT molecular complexity index is 742. The topological polar surface area (TPSA) is 83.2 Å². The molecule has 2 fully saturated rings. The Morgan fingerprint density at radius 2 is 1.78 bits per heavy atom. The highest BCUT2D eigenvalue weighted by Gasteiger charge is 2.24. The van der Waals surface area contributed by atoms with Gasteiger partial charge in [-0.25, -0.2) is 9.79 Å². The smallest absolute Gasteiger partial charge is 0.409 e. The minimum absolute atomic E-state index is 0. The number of hydrogen-bond donors (Lipinski definition) is 2. The van der Waals surface area contributed by atoms with Crippen LogP contribution < -0.4 is 11.1 Å². The van der Waals surface area contributed by atoms with Crippen molar-refractivity contribution in [3.05, 3.63) is 35.4 Å². The quantitative estimate of drug-likeness (QED) is 0.316. The van der Waals surface area contributed by atoms with Gasteiger partial charge in [-0.1, -0.05) is 38.1 Å². The Labute approximate surface area is 210 Å². The lowest BCUT2D eigenvalue weighted by Gasteiger charge is -2.35. The van der Waals surface area contributed by atoms with E-state index in [4.69, 9.17) is 10.5 Å². The zero-order chi connectivity index (χ0) is 22.2. The molecule has 2 heterocycles. The maximum absolute atomic E-state index is 11.8. The second kappa shape index (κ2) is 13.2. The summed E-state index contributed by atoms with van der Waals surface area (Å²) in [6.45, 7) is 12.2. The van der Waals surface area contributed by atoms with Gasteiger partial charge < -0.3 is 20.7 Å². The molecule has 32 heavy (non-hydrogen) atoms. The fraction of sp³-hybridized carbons (Fsp3) is 0.667. The summed E-state index contributed by atoms with van der Waals surface area (Å²) in [5.74, 6) is 1.98. The molecule has 2 atom stereocenters. The van der Waals surface area contributed by atoms with Crippen LogP contribution in [0.3, 0.4) is 0 Å². The maximum atomic E-state index is 11.8. The number of benzene rings is 1. The van der Waals surface area contributed by atoms with Crippen LogP contribution in [-0.4, -0.2) is 60.7 Å². The van der Waals surface area contributed by atoms with Crippen LogP contribution in [0.1, 0.15) is 51.2 Å². The van der Waals surface area contributed by atoms with Crippen LogP contribution in [0.15, 0.2) is 29.3 Å². The number of nitrogens with zero attached hydrogens (tertiary/aromatic N) is 3.